The molecule has 0 radical (unpaired) electrons. The summed E-state index contributed by atoms with van der Waals surface area (Å²) < 4.78 is 11.1. The first-order valence-electron chi connectivity index (χ1n) is 9.08. The smallest absolute Gasteiger partial charge is 0.227 e. The largest absolute Gasteiger partial charge is 0.502 e. The number of carbonyl (C=O) groups is 1. The van der Waals surface area contributed by atoms with Crippen molar-refractivity contribution in [1.82, 2.24) is 10.3 Å². The van der Waals surface area contributed by atoms with Crippen molar-refractivity contribution in [3.63, 3.8) is 0 Å². The predicted molar refractivity (Wildman–Crippen MR) is 98.7 cm³/mol. The van der Waals surface area contributed by atoms with E-state index in [4.69, 9.17) is 9.15 Å². The van der Waals surface area contributed by atoms with Crippen LogP contribution >= 0.6 is 0 Å². The summed E-state index contributed by atoms with van der Waals surface area (Å²) >= 11 is 0. The molecule has 2 N–H and O–H groups in total. The summed E-state index contributed by atoms with van der Waals surface area (Å²) in [6, 6.07) is 5.07. The van der Waals surface area contributed by atoms with Crippen LogP contribution in [-0.2, 0) is 21.4 Å². The Kier molecular flexibility index (Phi) is 5.91. The summed E-state index contributed by atoms with van der Waals surface area (Å²) in [5.74, 6) is 0.0541. The molecule has 2 aromatic heterocycles. The Hall–Kier alpha value is -2.67. The van der Waals surface area contributed by atoms with Gasteiger partial charge in [0.05, 0.1) is 0 Å². The summed E-state index contributed by atoms with van der Waals surface area (Å²) in [5, 5.41) is 13.2. The van der Waals surface area contributed by atoms with Gasteiger partial charge in [0.2, 0.25) is 17.1 Å². The van der Waals surface area contributed by atoms with Gasteiger partial charge in [0, 0.05) is 50.1 Å². The van der Waals surface area contributed by atoms with Crippen LogP contribution in [-0.4, -0.2) is 35.8 Å². The lowest BCUT2D eigenvalue weighted by atomic mass is 9.74. The van der Waals surface area contributed by atoms with E-state index in [1.54, 1.807) is 19.3 Å². The average molecular weight is 372 g/mol. The van der Waals surface area contributed by atoms with E-state index in [0.717, 1.165) is 5.56 Å². The number of hydrogen-bond acceptors (Lipinski definition) is 6. The molecule has 3 heterocycles. The second-order valence-corrected chi connectivity index (χ2v) is 6.92. The standard InChI is InChI=1S/C20H24N2O5/c1-14-12-16(23)18(25)19(27-14)20(5-10-26-11-6-20)13-17(24)22-9-4-15-2-7-21-8-3-15/h2-3,7-8,12,25H,4-6,9-11,13H2,1H3,(H,22,24). The van der Waals surface area contributed by atoms with Gasteiger partial charge < -0.3 is 19.6 Å². The highest BCUT2D eigenvalue weighted by molar-refractivity contribution is 5.77. The quantitative estimate of drug-likeness (QED) is 0.802. The van der Waals surface area contributed by atoms with Crippen LogP contribution in [0.3, 0.4) is 0 Å². The van der Waals surface area contributed by atoms with Crippen LogP contribution in [0.5, 0.6) is 5.75 Å². The fourth-order valence-electron chi connectivity index (χ4n) is 3.47. The summed E-state index contributed by atoms with van der Waals surface area (Å²) in [7, 11) is 0. The number of nitrogens with one attached hydrogen (secondary N) is 1. The Balaban J connectivity index is 1.73. The van der Waals surface area contributed by atoms with Crippen LogP contribution in [0, 0.1) is 6.92 Å². The fourth-order valence-corrected chi connectivity index (χ4v) is 3.47. The predicted octanol–water partition coefficient (Wildman–Crippen LogP) is 1.85. The minimum atomic E-state index is -0.742. The van der Waals surface area contributed by atoms with Crippen molar-refractivity contribution in [2.45, 2.75) is 38.0 Å². The van der Waals surface area contributed by atoms with E-state index in [-0.39, 0.29) is 18.1 Å². The molecule has 144 valence electrons. The van der Waals surface area contributed by atoms with Gasteiger partial charge in [-0.3, -0.25) is 14.6 Å². The number of amides is 1. The van der Waals surface area contributed by atoms with E-state index in [9.17, 15) is 14.7 Å². The highest BCUT2D eigenvalue weighted by Crippen LogP contribution is 2.41. The van der Waals surface area contributed by atoms with Gasteiger partial charge in [0.1, 0.15) is 5.76 Å². The Morgan fingerprint density at radius 1 is 1.30 bits per heavy atom. The van der Waals surface area contributed by atoms with Crippen LogP contribution in [0.4, 0.5) is 0 Å². The summed E-state index contributed by atoms with van der Waals surface area (Å²) in [6.07, 6.45) is 5.28. The number of aromatic hydroxyl groups is 1. The van der Waals surface area contributed by atoms with E-state index in [1.165, 1.54) is 6.07 Å². The van der Waals surface area contributed by atoms with Gasteiger partial charge in [-0.2, -0.15) is 0 Å². The molecule has 0 aromatic carbocycles. The van der Waals surface area contributed by atoms with Gasteiger partial charge in [0.15, 0.2) is 5.76 Å². The first-order chi connectivity index (χ1) is 13.0. The number of aryl methyl sites for hydroxylation is 1. The Morgan fingerprint density at radius 2 is 2.00 bits per heavy atom. The molecular formula is C20H24N2O5. The third-order valence-electron chi connectivity index (χ3n) is 4.96. The number of nitrogens with zero attached hydrogens (tertiary/aromatic N) is 1. The minimum Gasteiger partial charge on any atom is -0.502 e. The molecule has 0 saturated carbocycles. The molecule has 7 nitrogen and oxygen atoms in total. The Bertz CT molecular complexity index is 841. The Labute approximate surface area is 157 Å². The second kappa shape index (κ2) is 8.35. The van der Waals surface area contributed by atoms with E-state index in [0.29, 0.717) is 44.8 Å². The molecule has 0 unspecified atom stereocenters. The molecule has 7 heteroatoms. The van der Waals surface area contributed by atoms with Gasteiger partial charge >= 0.3 is 0 Å². The van der Waals surface area contributed by atoms with E-state index in [1.807, 2.05) is 12.1 Å². The lowest BCUT2D eigenvalue weighted by Crippen LogP contribution is -2.40. The molecule has 2 aromatic rings. The van der Waals surface area contributed by atoms with E-state index < -0.39 is 16.6 Å². The number of hydrogen-bond donors (Lipinski definition) is 2. The van der Waals surface area contributed by atoms with Gasteiger partial charge in [-0.15, -0.1) is 0 Å². The summed E-state index contributed by atoms with van der Waals surface area (Å²) in [6.45, 7) is 3.05. The highest BCUT2D eigenvalue weighted by atomic mass is 16.5. The van der Waals surface area contributed by atoms with Gasteiger partial charge in [-0.05, 0) is 43.9 Å². The lowest BCUT2D eigenvalue weighted by molar-refractivity contribution is -0.123. The lowest BCUT2D eigenvalue weighted by Gasteiger charge is -2.35. The summed E-state index contributed by atoms with van der Waals surface area (Å²) in [4.78, 5) is 28.6. The molecule has 1 saturated heterocycles. The molecule has 1 aliphatic heterocycles. The van der Waals surface area contributed by atoms with Crippen molar-refractivity contribution in [2.75, 3.05) is 19.8 Å². The molecule has 0 aliphatic carbocycles. The van der Waals surface area contributed by atoms with Crippen molar-refractivity contribution in [2.24, 2.45) is 0 Å². The van der Waals surface area contributed by atoms with Gasteiger partial charge in [0.25, 0.3) is 0 Å². The molecule has 27 heavy (non-hydrogen) atoms. The Morgan fingerprint density at radius 3 is 2.70 bits per heavy atom. The maximum absolute atomic E-state index is 12.6. The number of rotatable bonds is 6. The van der Waals surface area contributed by atoms with Crippen molar-refractivity contribution < 1.29 is 19.1 Å². The molecule has 0 atom stereocenters. The fraction of sp³-hybridized carbons (Fsp3) is 0.450. The molecule has 0 spiro atoms. The number of carbonyl (C=O) groups excluding carboxylic acids is 1. The van der Waals surface area contributed by atoms with Crippen LogP contribution in [0.2, 0.25) is 0 Å². The van der Waals surface area contributed by atoms with E-state index in [2.05, 4.69) is 10.3 Å². The average Bonchev–Trinajstić information content (AvgIpc) is 2.66. The third-order valence-corrected chi connectivity index (χ3v) is 4.96. The van der Waals surface area contributed by atoms with E-state index >= 15 is 0 Å². The highest BCUT2D eigenvalue weighted by Gasteiger charge is 2.41. The van der Waals surface area contributed by atoms with Crippen molar-refractivity contribution in [3.05, 3.63) is 57.9 Å². The number of aromatic nitrogens is 1. The van der Waals surface area contributed by atoms with Gasteiger partial charge in [-0.25, -0.2) is 0 Å². The topological polar surface area (TPSA) is 102 Å². The monoisotopic (exact) mass is 372 g/mol. The first kappa shape index (κ1) is 19.1. The second-order valence-electron chi connectivity index (χ2n) is 6.92. The van der Waals surface area contributed by atoms with Crippen LogP contribution in [0.15, 0.2) is 39.8 Å². The zero-order valence-corrected chi connectivity index (χ0v) is 15.4. The van der Waals surface area contributed by atoms with Gasteiger partial charge in [-0.1, -0.05) is 0 Å². The number of ether oxygens (including phenoxy) is 1. The van der Waals surface area contributed by atoms with Crippen molar-refractivity contribution in [3.8, 4) is 5.75 Å². The number of pyridine rings is 1. The van der Waals surface area contributed by atoms with Crippen LogP contribution < -0.4 is 10.7 Å². The molecular weight excluding hydrogens is 348 g/mol. The molecule has 1 aliphatic rings. The molecule has 3 rings (SSSR count). The third kappa shape index (κ3) is 4.54. The maximum atomic E-state index is 12.6. The van der Waals surface area contributed by atoms with Crippen molar-refractivity contribution in [1.29, 1.82) is 0 Å². The minimum absolute atomic E-state index is 0.132. The normalized spacial score (nSPS) is 16.0. The zero-order chi connectivity index (χ0) is 19.3. The molecule has 1 fully saturated rings. The van der Waals surface area contributed by atoms with Crippen molar-refractivity contribution >= 4 is 5.91 Å². The first-order valence-corrected chi connectivity index (χ1v) is 9.08. The maximum Gasteiger partial charge on any atom is 0.227 e. The SMILES string of the molecule is Cc1cc(=O)c(O)c(C2(CC(=O)NCCc3ccncc3)CCOCC2)o1. The van der Waals surface area contributed by atoms with Crippen LogP contribution in [0.25, 0.3) is 0 Å². The molecule has 1 amide bonds. The summed E-state index contributed by atoms with van der Waals surface area (Å²) in [5.41, 5.74) is -0.139. The zero-order valence-electron chi connectivity index (χ0n) is 15.4. The van der Waals surface area contributed by atoms with Crippen LogP contribution in [0.1, 0.15) is 36.3 Å². The molecule has 0 bridgehead atoms.